The van der Waals surface area contributed by atoms with Crippen LogP contribution in [-0.4, -0.2) is 37.4 Å². The molecule has 1 aromatic rings. The predicted molar refractivity (Wildman–Crippen MR) is 90.4 cm³/mol. The van der Waals surface area contributed by atoms with Gasteiger partial charge in [-0.15, -0.1) is 0 Å². The van der Waals surface area contributed by atoms with E-state index in [2.05, 4.69) is 5.32 Å². The lowest BCUT2D eigenvalue weighted by molar-refractivity contribution is -0.141. The van der Waals surface area contributed by atoms with Gasteiger partial charge in [-0.1, -0.05) is 36.4 Å². The van der Waals surface area contributed by atoms with Crippen LogP contribution in [0.2, 0.25) is 0 Å². The Labute approximate surface area is 142 Å². The second kappa shape index (κ2) is 10.4. The fourth-order valence-electron chi connectivity index (χ4n) is 1.61. The first-order valence-corrected chi connectivity index (χ1v) is 7.76. The molecule has 0 fully saturated rings. The molecule has 0 radical (unpaired) electrons. The van der Waals surface area contributed by atoms with Crippen molar-refractivity contribution in [3.05, 3.63) is 48.0 Å². The molecule has 0 bridgehead atoms. The zero-order valence-corrected chi connectivity index (χ0v) is 14.4. The van der Waals surface area contributed by atoms with E-state index in [1.807, 2.05) is 30.3 Å². The maximum atomic E-state index is 11.4. The summed E-state index contributed by atoms with van der Waals surface area (Å²) in [5, 5.41) is 2.33. The highest BCUT2D eigenvalue weighted by molar-refractivity contribution is 5.78. The molecule has 24 heavy (non-hydrogen) atoms. The van der Waals surface area contributed by atoms with Gasteiger partial charge in [-0.2, -0.15) is 0 Å². The molecule has 0 atom stereocenters. The Kier molecular flexibility index (Phi) is 8.57. The Bertz CT molecular complexity index is 534. The molecule has 0 aromatic heterocycles. The predicted octanol–water partition coefficient (Wildman–Crippen LogP) is 2.83. The normalized spacial score (nSPS) is 11.3. The van der Waals surface area contributed by atoms with Gasteiger partial charge in [0.25, 0.3) is 0 Å². The van der Waals surface area contributed by atoms with Crippen molar-refractivity contribution in [2.75, 3.05) is 19.8 Å². The van der Waals surface area contributed by atoms with E-state index in [0.717, 1.165) is 5.56 Å². The molecule has 0 aliphatic carbocycles. The molecule has 1 rings (SSSR count). The Hall–Kier alpha value is -2.34. The van der Waals surface area contributed by atoms with Gasteiger partial charge in [0.2, 0.25) is 0 Å². The third-order valence-corrected chi connectivity index (χ3v) is 2.61. The molecule has 0 aliphatic heterocycles. The van der Waals surface area contributed by atoms with Crippen LogP contribution in [0.3, 0.4) is 0 Å². The van der Waals surface area contributed by atoms with Gasteiger partial charge in [0.1, 0.15) is 18.8 Å². The fraction of sp³-hybridized carbons (Fsp3) is 0.444. The molecule has 0 saturated carbocycles. The third kappa shape index (κ3) is 10.4. The molecule has 6 nitrogen and oxygen atoms in total. The van der Waals surface area contributed by atoms with Crippen molar-refractivity contribution in [3.63, 3.8) is 0 Å². The van der Waals surface area contributed by atoms with Gasteiger partial charge >= 0.3 is 12.1 Å². The summed E-state index contributed by atoms with van der Waals surface area (Å²) >= 11 is 0. The van der Waals surface area contributed by atoms with E-state index in [0.29, 0.717) is 13.2 Å². The van der Waals surface area contributed by atoms with Gasteiger partial charge in [0, 0.05) is 0 Å². The van der Waals surface area contributed by atoms with E-state index in [1.165, 1.54) is 0 Å². The van der Waals surface area contributed by atoms with E-state index in [9.17, 15) is 9.59 Å². The number of carbonyl (C=O) groups is 2. The maximum absolute atomic E-state index is 11.4. The molecule has 132 valence electrons. The summed E-state index contributed by atoms with van der Waals surface area (Å²) in [6, 6.07) is 9.85. The summed E-state index contributed by atoms with van der Waals surface area (Å²) in [7, 11) is 0. The molecule has 1 aromatic carbocycles. The van der Waals surface area contributed by atoms with Gasteiger partial charge in [-0.3, -0.25) is 4.79 Å². The average molecular weight is 335 g/mol. The molecule has 1 N–H and O–H groups in total. The highest BCUT2D eigenvalue weighted by Gasteiger charge is 2.16. The smallest absolute Gasteiger partial charge is 0.408 e. The number of alkyl carbamates (subject to hydrolysis) is 1. The first-order chi connectivity index (χ1) is 11.4. The third-order valence-electron chi connectivity index (χ3n) is 2.61. The van der Waals surface area contributed by atoms with Crippen LogP contribution in [0.15, 0.2) is 42.5 Å². The molecule has 0 spiro atoms. The van der Waals surface area contributed by atoms with E-state index < -0.39 is 17.7 Å². The van der Waals surface area contributed by atoms with Crippen molar-refractivity contribution in [2.45, 2.75) is 33.0 Å². The lowest BCUT2D eigenvalue weighted by Crippen LogP contribution is -2.36. The zero-order chi connectivity index (χ0) is 17.8. The monoisotopic (exact) mass is 335 g/mol. The number of benzene rings is 1. The highest BCUT2D eigenvalue weighted by atomic mass is 16.6. The van der Waals surface area contributed by atoms with E-state index in [4.69, 9.17) is 14.2 Å². The van der Waals surface area contributed by atoms with Crippen LogP contribution in [-0.2, 0) is 25.6 Å². The van der Waals surface area contributed by atoms with Crippen LogP contribution in [0, 0.1) is 0 Å². The van der Waals surface area contributed by atoms with Crippen LogP contribution >= 0.6 is 0 Å². The topological polar surface area (TPSA) is 73.9 Å². The standard InChI is InChI=1S/C18H25NO5/c1-18(2,3)24-17(21)19-13-16(20)23-12-8-7-11-22-14-15-9-5-4-6-10-15/h4-10H,11-14H2,1-3H3,(H,19,21)/b8-7-. The number of rotatable bonds is 8. The minimum atomic E-state index is -0.649. The molecule has 0 aliphatic rings. The van der Waals surface area contributed by atoms with Crippen molar-refractivity contribution in [3.8, 4) is 0 Å². The fourth-order valence-corrected chi connectivity index (χ4v) is 1.61. The second-order valence-corrected chi connectivity index (χ2v) is 6.01. The summed E-state index contributed by atoms with van der Waals surface area (Å²) < 4.78 is 15.4. The van der Waals surface area contributed by atoms with Crippen LogP contribution in [0.25, 0.3) is 0 Å². The highest BCUT2D eigenvalue weighted by Crippen LogP contribution is 2.06. The molecule has 1 amide bonds. The van der Waals surface area contributed by atoms with Crippen molar-refractivity contribution >= 4 is 12.1 Å². The van der Waals surface area contributed by atoms with Gasteiger partial charge in [0.15, 0.2) is 0 Å². The van der Waals surface area contributed by atoms with Gasteiger partial charge < -0.3 is 19.5 Å². The molecule has 0 saturated heterocycles. The van der Waals surface area contributed by atoms with Crippen LogP contribution in [0.4, 0.5) is 4.79 Å². The van der Waals surface area contributed by atoms with Crippen LogP contribution in [0.1, 0.15) is 26.3 Å². The second-order valence-electron chi connectivity index (χ2n) is 6.01. The lowest BCUT2D eigenvalue weighted by atomic mass is 10.2. The summed E-state index contributed by atoms with van der Waals surface area (Å²) in [6.07, 6.45) is 2.82. The molecule has 6 heteroatoms. The number of hydrogen-bond acceptors (Lipinski definition) is 5. The van der Waals surface area contributed by atoms with Gasteiger partial charge in [-0.25, -0.2) is 4.79 Å². The van der Waals surface area contributed by atoms with E-state index in [1.54, 1.807) is 32.9 Å². The van der Waals surface area contributed by atoms with E-state index >= 15 is 0 Å². The van der Waals surface area contributed by atoms with Crippen molar-refractivity contribution in [2.24, 2.45) is 0 Å². The first kappa shape index (κ1) is 19.7. The summed E-state index contributed by atoms with van der Waals surface area (Å²) in [4.78, 5) is 22.8. The largest absolute Gasteiger partial charge is 0.460 e. The number of ether oxygens (including phenoxy) is 3. The number of nitrogens with one attached hydrogen (secondary N) is 1. The van der Waals surface area contributed by atoms with E-state index in [-0.39, 0.29) is 13.2 Å². The van der Waals surface area contributed by atoms with Crippen LogP contribution in [0.5, 0.6) is 0 Å². The Balaban J connectivity index is 2.05. The van der Waals surface area contributed by atoms with Gasteiger partial charge in [-0.05, 0) is 32.4 Å². The number of carbonyl (C=O) groups excluding carboxylic acids is 2. The van der Waals surface area contributed by atoms with Gasteiger partial charge in [0.05, 0.1) is 13.2 Å². The first-order valence-electron chi connectivity index (χ1n) is 7.76. The molecule has 0 heterocycles. The SMILES string of the molecule is CC(C)(C)OC(=O)NCC(=O)OC/C=C\COCc1ccccc1. The Morgan fingerprint density at radius 1 is 1.08 bits per heavy atom. The molecule has 0 unspecified atom stereocenters. The van der Waals surface area contributed by atoms with Crippen molar-refractivity contribution in [1.29, 1.82) is 0 Å². The lowest BCUT2D eigenvalue weighted by Gasteiger charge is -2.19. The Morgan fingerprint density at radius 2 is 1.75 bits per heavy atom. The number of esters is 1. The average Bonchev–Trinajstić information content (AvgIpc) is 2.51. The summed E-state index contributed by atoms with van der Waals surface area (Å²) in [5.74, 6) is -0.532. The minimum Gasteiger partial charge on any atom is -0.460 e. The minimum absolute atomic E-state index is 0.129. The molecular weight excluding hydrogens is 310 g/mol. The number of hydrogen-bond donors (Lipinski definition) is 1. The van der Waals surface area contributed by atoms with Crippen molar-refractivity contribution in [1.82, 2.24) is 5.32 Å². The quantitative estimate of drug-likeness (QED) is 0.449. The zero-order valence-electron chi connectivity index (χ0n) is 14.4. The maximum Gasteiger partial charge on any atom is 0.408 e. The summed E-state index contributed by atoms with van der Waals surface area (Å²) in [6.45, 7) is 6.10. The number of amides is 1. The van der Waals surface area contributed by atoms with Crippen molar-refractivity contribution < 1.29 is 23.8 Å². The van der Waals surface area contributed by atoms with Crippen LogP contribution < -0.4 is 5.32 Å². The Morgan fingerprint density at radius 3 is 2.42 bits per heavy atom. The molecular formula is C18H25NO5. The summed E-state index contributed by atoms with van der Waals surface area (Å²) in [5.41, 5.74) is 0.502.